The minimum Gasteiger partial charge on any atom is -0.485 e. The lowest BCUT2D eigenvalue weighted by molar-refractivity contribution is -0.155. The van der Waals surface area contributed by atoms with Crippen molar-refractivity contribution in [3.63, 3.8) is 0 Å². The zero-order chi connectivity index (χ0) is 14.7. The molecule has 0 saturated heterocycles. The first-order chi connectivity index (χ1) is 10.2. The van der Waals surface area contributed by atoms with Gasteiger partial charge in [-0.2, -0.15) is 0 Å². The Labute approximate surface area is 123 Å². The maximum Gasteiger partial charge on any atom is 0.351 e. The van der Waals surface area contributed by atoms with E-state index in [0.29, 0.717) is 11.5 Å². The molecule has 21 heavy (non-hydrogen) atoms. The molecule has 0 aromatic heterocycles. The molecule has 0 fully saturated rings. The monoisotopic (exact) mass is 284 g/mol. The van der Waals surface area contributed by atoms with Crippen LogP contribution in [-0.4, -0.2) is 18.7 Å². The van der Waals surface area contributed by atoms with Gasteiger partial charge in [-0.25, -0.2) is 4.79 Å². The van der Waals surface area contributed by atoms with Gasteiger partial charge in [0.1, 0.15) is 13.2 Å². The summed E-state index contributed by atoms with van der Waals surface area (Å²) in [6.07, 6.45) is -0.717. The fourth-order valence-electron chi connectivity index (χ4n) is 2.07. The summed E-state index contributed by atoms with van der Waals surface area (Å²) < 4.78 is 16.4. The molecular weight excluding hydrogens is 268 g/mol. The number of hydrogen-bond acceptors (Lipinski definition) is 4. The Balaban J connectivity index is 1.58. The predicted octanol–water partition coefficient (Wildman–Crippen LogP) is 2.88. The summed E-state index contributed by atoms with van der Waals surface area (Å²) in [4.78, 5) is 12.0. The zero-order valence-electron chi connectivity index (χ0n) is 11.7. The summed E-state index contributed by atoms with van der Waals surface area (Å²) in [7, 11) is 0. The van der Waals surface area contributed by atoms with Crippen LogP contribution >= 0.6 is 0 Å². The molecule has 0 bridgehead atoms. The van der Waals surface area contributed by atoms with E-state index in [2.05, 4.69) is 0 Å². The first-order valence-corrected chi connectivity index (χ1v) is 6.83. The number of esters is 1. The number of hydrogen-bond donors (Lipinski definition) is 0. The molecule has 2 aromatic carbocycles. The van der Waals surface area contributed by atoms with E-state index in [0.717, 1.165) is 5.56 Å². The Kier molecular flexibility index (Phi) is 3.77. The molecule has 4 nitrogen and oxygen atoms in total. The number of ether oxygens (including phenoxy) is 3. The quantitative estimate of drug-likeness (QED) is 0.813. The van der Waals surface area contributed by atoms with Crippen molar-refractivity contribution in [3.05, 3.63) is 59.7 Å². The highest BCUT2D eigenvalue weighted by molar-refractivity contribution is 5.76. The maximum atomic E-state index is 12.0. The average molecular weight is 284 g/mol. The van der Waals surface area contributed by atoms with E-state index < -0.39 is 12.1 Å². The molecule has 1 aliphatic rings. The third-order valence-electron chi connectivity index (χ3n) is 3.27. The van der Waals surface area contributed by atoms with Crippen LogP contribution in [0, 0.1) is 6.92 Å². The third kappa shape index (κ3) is 3.16. The normalized spacial score (nSPS) is 16.3. The summed E-state index contributed by atoms with van der Waals surface area (Å²) in [6, 6.07) is 15.1. The lowest BCUT2D eigenvalue weighted by Gasteiger charge is -2.24. The molecule has 3 rings (SSSR count). The van der Waals surface area contributed by atoms with Crippen LogP contribution in [0.5, 0.6) is 11.5 Å². The Bertz CT molecular complexity index is 633. The summed E-state index contributed by atoms with van der Waals surface area (Å²) in [5.41, 5.74) is 2.12. The molecular formula is C17H16O4. The van der Waals surface area contributed by atoms with E-state index in [1.165, 1.54) is 5.56 Å². The minimum absolute atomic E-state index is 0.170. The van der Waals surface area contributed by atoms with E-state index in [9.17, 15) is 4.79 Å². The highest BCUT2D eigenvalue weighted by Crippen LogP contribution is 2.31. The number of fused-ring (bicyclic) bond motifs is 1. The highest BCUT2D eigenvalue weighted by atomic mass is 16.6. The lowest BCUT2D eigenvalue weighted by atomic mass is 10.2. The number of benzene rings is 2. The number of carbonyl (C=O) groups is 1. The molecule has 108 valence electrons. The highest BCUT2D eigenvalue weighted by Gasteiger charge is 2.28. The van der Waals surface area contributed by atoms with Gasteiger partial charge < -0.3 is 14.2 Å². The van der Waals surface area contributed by atoms with Gasteiger partial charge in [0.15, 0.2) is 11.5 Å². The summed E-state index contributed by atoms with van der Waals surface area (Å²) in [5.74, 6) is 0.811. The van der Waals surface area contributed by atoms with Crippen molar-refractivity contribution in [2.45, 2.75) is 19.6 Å². The third-order valence-corrected chi connectivity index (χ3v) is 3.27. The molecule has 0 aliphatic carbocycles. The second kappa shape index (κ2) is 5.87. The van der Waals surface area contributed by atoms with E-state index in [-0.39, 0.29) is 13.2 Å². The van der Waals surface area contributed by atoms with Gasteiger partial charge in [0, 0.05) is 0 Å². The van der Waals surface area contributed by atoms with Crippen molar-refractivity contribution in [2.75, 3.05) is 6.61 Å². The molecule has 1 atom stereocenters. The molecule has 2 aromatic rings. The van der Waals surface area contributed by atoms with E-state index in [4.69, 9.17) is 14.2 Å². The Morgan fingerprint density at radius 3 is 2.62 bits per heavy atom. The van der Waals surface area contributed by atoms with Crippen LogP contribution in [-0.2, 0) is 16.1 Å². The summed E-state index contributed by atoms with van der Waals surface area (Å²) in [6.45, 7) is 2.42. The largest absolute Gasteiger partial charge is 0.485 e. The van der Waals surface area contributed by atoms with Crippen molar-refractivity contribution in [1.82, 2.24) is 0 Å². The fourth-order valence-corrected chi connectivity index (χ4v) is 2.07. The SMILES string of the molecule is Cc1ccc(COC(=O)[C@H]2COc3ccccc3O2)cc1. The van der Waals surface area contributed by atoms with Gasteiger partial charge in [-0.1, -0.05) is 42.0 Å². The topological polar surface area (TPSA) is 44.8 Å². The van der Waals surface area contributed by atoms with Crippen molar-refractivity contribution in [3.8, 4) is 11.5 Å². The number of aryl methyl sites for hydroxylation is 1. The first-order valence-electron chi connectivity index (χ1n) is 6.83. The van der Waals surface area contributed by atoms with Crippen LogP contribution in [0.1, 0.15) is 11.1 Å². The summed E-state index contributed by atoms with van der Waals surface area (Å²) in [5, 5.41) is 0. The second-order valence-corrected chi connectivity index (χ2v) is 4.96. The zero-order valence-corrected chi connectivity index (χ0v) is 11.7. The van der Waals surface area contributed by atoms with Crippen molar-refractivity contribution < 1.29 is 19.0 Å². The van der Waals surface area contributed by atoms with Crippen molar-refractivity contribution >= 4 is 5.97 Å². The Hall–Kier alpha value is -2.49. The number of para-hydroxylation sites is 2. The van der Waals surface area contributed by atoms with Crippen molar-refractivity contribution in [1.29, 1.82) is 0 Å². The van der Waals surface area contributed by atoms with Gasteiger partial charge >= 0.3 is 5.97 Å². The molecule has 0 radical (unpaired) electrons. The van der Waals surface area contributed by atoms with Crippen molar-refractivity contribution in [2.24, 2.45) is 0 Å². The fraction of sp³-hybridized carbons (Fsp3) is 0.235. The number of rotatable bonds is 3. The minimum atomic E-state index is -0.717. The van der Waals surface area contributed by atoms with E-state index in [1.807, 2.05) is 49.4 Å². The smallest absolute Gasteiger partial charge is 0.351 e. The molecule has 1 heterocycles. The van der Waals surface area contributed by atoms with Crippen LogP contribution in [0.4, 0.5) is 0 Å². The van der Waals surface area contributed by atoms with Gasteiger partial charge in [-0.15, -0.1) is 0 Å². The van der Waals surface area contributed by atoms with Gasteiger partial charge in [0.2, 0.25) is 6.10 Å². The van der Waals surface area contributed by atoms with Crippen LogP contribution in [0.2, 0.25) is 0 Å². The molecule has 0 N–H and O–H groups in total. The summed E-state index contributed by atoms with van der Waals surface area (Å²) >= 11 is 0. The van der Waals surface area contributed by atoms with Crippen LogP contribution in [0.25, 0.3) is 0 Å². The Morgan fingerprint density at radius 2 is 1.86 bits per heavy atom. The van der Waals surface area contributed by atoms with E-state index in [1.54, 1.807) is 6.07 Å². The second-order valence-electron chi connectivity index (χ2n) is 4.96. The average Bonchev–Trinajstić information content (AvgIpc) is 2.53. The van der Waals surface area contributed by atoms with E-state index >= 15 is 0 Å². The maximum absolute atomic E-state index is 12.0. The predicted molar refractivity (Wildman–Crippen MR) is 77.3 cm³/mol. The first kappa shape index (κ1) is 13.5. The van der Waals surface area contributed by atoms with Crippen LogP contribution in [0.3, 0.4) is 0 Å². The molecule has 0 unspecified atom stereocenters. The van der Waals surface area contributed by atoms with Gasteiger partial charge in [0.05, 0.1) is 0 Å². The molecule has 0 amide bonds. The Morgan fingerprint density at radius 1 is 1.14 bits per heavy atom. The number of carbonyl (C=O) groups excluding carboxylic acids is 1. The van der Waals surface area contributed by atoms with Crippen LogP contribution in [0.15, 0.2) is 48.5 Å². The molecule has 1 aliphatic heterocycles. The molecule has 0 saturated carbocycles. The standard InChI is InChI=1S/C17H16O4/c1-12-6-8-13(9-7-12)10-20-17(18)16-11-19-14-4-2-3-5-15(14)21-16/h2-9,16H,10-11H2,1H3/t16-/m1/s1. The van der Waals surface area contributed by atoms with Crippen LogP contribution < -0.4 is 9.47 Å². The van der Waals surface area contributed by atoms with Gasteiger partial charge in [-0.3, -0.25) is 0 Å². The lowest BCUT2D eigenvalue weighted by Crippen LogP contribution is -2.37. The molecule has 0 spiro atoms. The molecule has 4 heteroatoms. The van der Waals surface area contributed by atoms with Gasteiger partial charge in [0.25, 0.3) is 0 Å². The van der Waals surface area contributed by atoms with Gasteiger partial charge in [-0.05, 0) is 24.6 Å².